The van der Waals surface area contributed by atoms with Gasteiger partial charge in [0.1, 0.15) is 0 Å². The lowest BCUT2D eigenvalue weighted by molar-refractivity contribution is -0.118. The topological polar surface area (TPSA) is 79.0 Å². The van der Waals surface area contributed by atoms with Crippen LogP contribution in [-0.2, 0) is 19.6 Å². The van der Waals surface area contributed by atoms with Gasteiger partial charge in [-0.2, -0.15) is 4.31 Å². The summed E-state index contributed by atoms with van der Waals surface area (Å²) in [6.45, 7) is 5.05. The molecule has 2 aliphatic heterocycles. The van der Waals surface area contributed by atoms with Crippen LogP contribution in [0.1, 0.15) is 26.2 Å². The van der Waals surface area contributed by atoms with E-state index in [0.717, 1.165) is 19.4 Å². The van der Waals surface area contributed by atoms with Crippen molar-refractivity contribution in [2.45, 2.75) is 37.1 Å². The van der Waals surface area contributed by atoms with Crippen molar-refractivity contribution < 1.29 is 17.9 Å². The van der Waals surface area contributed by atoms with Crippen LogP contribution in [0.15, 0.2) is 29.2 Å². The molecule has 1 unspecified atom stereocenters. The Kier molecular flexibility index (Phi) is 6.29. The first-order valence-corrected chi connectivity index (χ1v) is 10.6. The van der Waals surface area contributed by atoms with Crippen molar-refractivity contribution in [3.63, 3.8) is 0 Å². The Bertz CT molecular complexity index is 714. The Morgan fingerprint density at radius 1 is 1.15 bits per heavy atom. The fourth-order valence-electron chi connectivity index (χ4n) is 3.42. The number of rotatable bonds is 5. The van der Waals surface area contributed by atoms with Crippen LogP contribution < -0.4 is 5.32 Å². The lowest BCUT2D eigenvalue weighted by Gasteiger charge is -2.32. The molecule has 2 saturated heterocycles. The third-order valence-electron chi connectivity index (χ3n) is 5.03. The number of piperidine rings is 1. The highest BCUT2D eigenvalue weighted by Crippen LogP contribution is 2.20. The van der Waals surface area contributed by atoms with Gasteiger partial charge in [0.2, 0.25) is 15.9 Å². The second kappa shape index (κ2) is 8.47. The quantitative estimate of drug-likeness (QED) is 0.837. The number of benzene rings is 1. The number of carbonyl (C=O) groups excluding carboxylic acids is 1. The Morgan fingerprint density at radius 2 is 1.85 bits per heavy atom. The molecule has 0 saturated carbocycles. The van der Waals surface area contributed by atoms with Gasteiger partial charge in [0, 0.05) is 24.8 Å². The first-order chi connectivity index (χ1) is 12.5. The molecule has 1 aromatic carbocycles. The summed E-state index contributed by atoms with van der Waals surface area (Å²) in [5, 5.41) is 2.86. The lowest BCUT2D eigenvalue weighted by atomic mass is 10.0. The molecule has 2 aliphatic rings. The van der Waals surface area contributed by atoms with Crippen molar-refractivity contribution >= 4 is 21.6 Å². The summed E-state index contributed by atoms with van der Waals surface area (Å²) in [7, 11) is -3.50. The van der Waals surface area contributed by atoms with Gasteiger partial charge in [0.15, 0.2) is 0 Å². The van der Waals surface area contributed by atoms with E-state index in [9.17, 15) is 13.2 Å². The van der Waals surface area contributed by atoms with E-state index in [0.29, 0.717) is 44.6 Å². The Morgan fingerprint density at radius 3 is 2.50 bits per heavy atom. The number of sulfonamides is 1. The number of hydrogen-bond donors (Lipinski definition) is 1. The van der Waals surface area contributed by atoms with Gasteiger partial charge in [0.05, 0.1) is 24.7 Å². The number of nitrogens with one attached hydrogen (secondary N) is 1. The van der Waals surface area contributed by atoms with E-state index < -0.39 is 10.0 Å². The van der Waals surface area contributed by atoms with Gasteiger partial charge in [0.25, 0.3) is 0 Å². The number of ether oxygens (including phenoxy) is 1. The zero-order chi connectivity index (χ0) is 18.6. The summed E-state index contributed by atoms with van der Waals surface area (Å²) in [6, 6.07) is 6.80. The van der Waals surface area contributed by atoms with Gasteiger partial charge in [-0.1, -0.05) is 6.42 Å². The zero-order valence-corrected chi connectivity index (χ0v) is 16.0. The summed E-state index contributed by atoms with van der Waals surface area (Å²) in [4.78, 5) is 14.7. The first kappa shape index (κ1) is 19.3. The number of likely N-dealkylation sites (tertiary alicyclic amines) is 1. The van der Waals surface area contributed by atoms with Crippen LogP contribution in [-0.4, -0.2) is 69.0 Å². The van der Waals surface area contributed by atoms with Gasteiger partial charge in [-0.25, -0.2) is 8.42 Å². The van der Waals surface area contributed by atoms with E-state index >= 15 is 0 Å². The van der Waals surface area contributed by atoms with Crippen molar-refractivity contribution in [3.8, 4) is 0 Å². The molecule has 0 bridgehead atoms. The molecule has 1 N–H and O–H groups in total. The molecule has 8 heteroatoms. The summed E-state index contributed by atoms with van der Waals surface area (Å²) in [5.41, 5.74) is 0.612. The Labute approximate surface area is 155 Å². The molecule has 0 radical (unpaired) electrons. The lowest BCUT2D eigenvalue weighted by Crippen LogP contribution is -2.42. The average Bonchev–Trinajstić information content (AvgIpc) is 2.65. The van der Waals surface area contributed by atoms with E-state index in [4.69, 9.17) is 4.74 Å². The molecule has 26 heavy (non-hydrogen) atoms. The summed E-state index contributed by atoms with van der Waals surface area (Å²) < 4.78 is 31.8. The molecule has 7 nitrogen and oxygen atoms in total. The highest BCUT2D eigenvalue weighted by Gasteiger charge is 2.26. The predicted octanol–water partition coefficient (Wildman–Crippen LogP) is 1.52. The smallest absolute Gasteiger partial charge is 0.243 e. The maximum Gasteiger partial charge on any atom is 0.243 e. The molecule has 1 aromatic rings. The van der Waals surface area contributed by atoms with Crippen molar-refractivity contribution in [1.29, 1.82) is 0 Å². The van der Waals surface area contributed by atoms with Crippen LogP contribution in [0.25, 0.3) is 0 Å². The molecule has 0 aromatic heterocycles. The molecular weight excluding hydrogens is 354 g/mol. The minimum absolute atomic E-state index is 0.0671. The number of amides is 1. The number of hydrogen-bond acceptors (Lipinski definition) is 5. The van der Waals surface area contributed by atoms with E-state index in [1.54, 1.807) is 24.3 Å². The molecular formula is C18H27N3O4S. The van der Waals surface area contributed by atoms with Crippen molar-refractivity contribution in [2.75, 3.05) is 44.7 Å². The highest BCUT2D eigenvalue weighted by molar-refractivity contribution is 7.89. The maximum absolute atomic E-state index is 12.6. The van der Waals surface area contributed by atoms with Crippen LogP contribution in [0.5, 0.6) is 0 Å². The summed E-state index contributed by atoms with van der Waals surface area (Å²) in [6.07, 6.45) is 3.48. The van der Waals surface area contributed by atoms with Gasteiger partial charge in [-0.3, -0.25) is 9.69 Å². The summed E-state index contributed by atoms with van der Waals surface area (Å²) in [5.74, 6) is -0.0671. The highest BCUT2D eigenvalue weighted by atomic mass is 32.2. The fourth-order valence-corrected chi connectivity index (χ4v) is 4.83. The largest absolute Gasteiger partial charge is 0.379 e. The van der Waals surface area contributed by atoms with Gasteiger partial charge in [-0.15, -0.1) is 0 Å². The molecule has 0 aliphatic carbocycles. The van der Waals surface area contributed by atoms with Crippen LogP contribution in [0.4, 0.5) is 5.69 Å². The molecule has 3 rings (SSSR count). The third kappa shape index (κ3) is 4.62. The normalized spacial score (nSPS) is 22.9. The SMILES string of the molecule is CC1CCCCN1CC(=O)Nc1ccc(S(=O)(=O)N2CCOCC2)cc1. The predicted molar refractivity (Wildman–Crippen MR) is 99.5 cm³/mol. The van der Waals surface area contributed by atoms with Crippen molar-refractivity contribution in [3.05, 3.63) is 24.3 Å². The molecule has 144 valence electrons. The summed E-state index contributed by atoms with van der Waals surface area (Å²) >= 11 is 0. The van der Waals surface area contributed by atoms with Crippen LogP contribution in [0.3, 0.4) is 0 Å². The molecule has 1 atom stereocenters. The van der Waals surface area contributed by atoms with E-state index in [1.165, 1.54) is 10.7 Å². The minimum Gasteiger partial charge on any atom is -0.379 e. The molecule has 2 heterocycles. The number of nitrogens with zero attached hydrogens (tertiary/aromatic N) is 2. The zero-order valence-electron chi connectivity index (χ0n) is 15.2. The van der Waals surface area contributed by atoms with E-state index in [2.05, 4.69) is 17.1 Å². The van der Waals surface area contributed by atoms with Crippen LogP contribution in [0.2, 0.25) is 0 Å². The molecule has 1 amide bonds. The Balaban J connectivity index is 1.59. The van der Waals surface area contributed by atoms with Gasteiger partial charge >= 0.3 is 0 Å². The number of anilines is 1. The second-order valence-corrected chi connectivity index (χ2v) is 8.84. The standard InChI is InChI=1S/C18H27N3O4S/c1-15-4-2-3-9-20(15)14-18(22)19-16-5-7-17(8-6-16)26(23,24)21-10-12-25-13-11-21/h5-8,15H,2-4,9-14H2,1H3,(H,19,22). The first-order valence-electron chi connectivity index (χ1n) is 9.19. The van der Waals surface area contributed by atoms with Gasteiger partial charge in [-0.05, 0) is 50.6 Å². The number of carbonyl (C=O) groups is 1. The third-order valence-corrected chi connectivity index (χ3v) is 6.95. The Hall–Kier alpha value is -1.48. The fraction of sp³-hybridized carbons (Fsp3) is 0.611. The van der Waals surface area contributed by atoms with Crippen LogP contribution >= 0.6 is 0 Å². The second-order valence-electron chi connectivity index (χ2n) is 6.90. The maximum atomic E-state index is 12.6. The van der Waals surface area contributed by atoms with Crippen molar-refractivity contribution in [1.82, 2.24) is 9.21 Å². The van der Waals surface area contributed by atoms with Crippen LogP contribution in [0, 0.1) is 0 Å². The molecule has 0 spiro atoms. The number of morpholine rings is 1. The van der Waals surface area contributed by atoms with E-state index in [-0.39, 0.29) is 10.8 Å². The van der Waals surface area contributed by atoms with E-state index in [1.807, 2.05) is 0 Å². The van der Waals surface area contributed by atoms with Crippen molar-refractivity contribution in [2.24, 2.45) is 0 Å². The molecule has 2 fully saturated rings. The van der Waals surface area contributed by atoms with Gasteiger partial charge < -0.3 is 10.1 Å². The monoisotopic (exact) mass is 381 g/mol. The minimum atomic E-state index is -3.50. The average molecular weight is 381 g/mol.